The predicted octanol–water partition coefficient (Wildman–Crippen LogP) is 2.80. The molecule has 3 rings (SSSR count). The summed E-state index contributed by atoms with van der Waals surface area (Å²) in [5.74, 6) is 0.182. The SMILES string of the molecule is CCc1ccc2c(c1)CC(=O)N2Cc1ccc(CN)cc1. The lowest BCUT2D eigenvalue weighted by Crippen LogP contribution is -2.25. The molecule has 0 radical (unpaired) electrons. The standard InChI is InChI=1S/C18H20N2O/c1-2-13-7-8-17-16(9-13)10-18(21)20(17)12-15-5-3-14(11-19)4-6-15/h3-9H,2,10-12,19H2,1H3. The molecule has 0 aromatic heterocycles. The van der Waals surface area contributed by atoms with Crippen molar-refractivity contribution in [3.63, 3.8) is 0 Å². The van der Waals surface area contributed by atoms with Crippen molar-refractivity contribution in [1.82, 2.24) is 0 Å². The monoisotopic (exact) mass is 280 g/mol. The fourth-order valence-corrected chi connectivity index (χ4v) is 2.79. The summed E-state index contributed by atoms with van der Waals surface area (Å²) < 4.78 is 0. The number of aryl methyl sites for hydroxylation is 1. The lowest BCUT2D eigenvalue weighted by molar-refractivity contribution is -0.117. The second-order valence-electron chi connectivity index (χ2n) is 5.49. The summed E-state index contributed by atoms with van der Waals surface area (Å²) >= 11 is 0. The van der Waals surface area contributed by atoms with Crippen LogP contribution in [0, 0.1) is 0 Å². The Balaban J connectivity index is 1.84. The third-order valence-corrected chi connectivity index (χ3v) is 4.09. The maximum absolute atomic E-state index is 12.3. The van der Waals surface area contributed by atoms with Crippen molar-refractivity contribution in [1.29, 1.82) is 0 Å². The van der Waals surface area contributed by atoms with Crippen molar-refractivity contribution in [2.24, 2.45) is 5.73 Å². The van der Waals surface area contributed by atoms with Crippen molar-refractivity contribution in [3.05, 3.63) is 64.7 Å². The van der Waals surface area contributed by atoms with Gasteiger partial charge in [-0.15, -0.1) is 0 Å². The van der Waals surface area contributed by atoms with Crippen molar-refractivity contribution in [2.75, 3.05) is 4.90 Å². The van der Waals surface area contributed by atoms with Crippen LogP contribution >= 0.6 is 0 Å². The second kappa shape index (κ2) is 5.70. The lowest BCUT2D eigenvalue weighted by Gasteiger charge is -2.18. The van der Waals surface area contributed by atoms with Gasteiger partial charge < -0.3 is 10.6 Å². The Labute approximate surface area is 125 Å². The van der Waals surface area contributed by atoms with E-state index in [4.69, 9.17) is 5.73 Å². The molecule has 0 fully saturated rings. The molecule has 0 saturated carbocycles. The molecule has 2 aromatic rings. The quantitative estimate of drug-likeness (QED) is 0.936. The smallest absolute Gasteiger partial charge is 0.231 e. The molecule has 0 unspecified atom stereocenters. The van der Waals surface area contributed by atoms with Gasteiger partial charge in [0.15, 0.2) is 0 Å². The molecular formula is C18H20N2O. The molecule has 0 bridgehead atoms. The van der Waals surface area contributed by atoms with Crippen LogP contribution in [-0.4, -0.2) is 5.91 Å². The molecule has 1 amide bonds. The van der Waals surface area contributed by atoms with Gasteiger partial charge in [-0.3, -0.25) is 4.79 Å². The number of rotatable bonds is 4. The second-order valence-corrected chi connectivity index (χ2v) is 5.49. The number of fused-ring (bicyclic) bond motifs is 1. The number of amides is 1. The van der Waals surface area contributed by atoms with Gasteiger partial charge in [0.25, 0.3) is 0 Å². The minimum absolute atomic E-state index is 0.182. The van der Waals surface area contributed by atoms with E-state index in [1.165, 1.54) is 5.56 Å². The molecule has 0 saturated heterocycles. The molecule has 2 aromatic carbocycles. The largest absolute Gasteiger partial charge is 0.326 e. The lowest BCUT2D eigenvalue weighted by atomic mass is 10.1. The number of carbonyl (C=O) groups excluding carboxylic acids is 1. The first kappa shape index (κ1) is 13.8. The van der Waals surface area contributed by atoms with Gasteiger partial charge in [-0.05, 0) is 34.7 Å². The zero-order valence-electron chi connectivity index (χ0n) is 12.3. The van der Waals surface area contributed by atoms with E-state index in [1.807, 2.05) is 29.2 Å². The Morgan fingerprint density at radius 2 is 1.71 bits per heavy atom. The van der Waals surface area contributed by atoms with Crippen LogP contribution < -0.4 is 10.6 Å². The first-order valence-corrected chi connectivity index (χ1v) is 7.41. The van der Waals surface area contributed by atoms with Crippen molar-refractivity contribution >= 4 is 11.6 Å². The van der Waals surface area contributed by atoms with E-state index in [9.17, 15) is 4.79 Å². The minimum Gasteiger partial charge on any atom is -0.326 e. The fourth-order valence-electron chi connectivity index (χ4n) is 2.79. The number of hydrogen-bond acceptors (Lipinski definition) is 2. The summed E-state index contributed by atoms with van der Waals surface area (Å²) in [6.45, 7) is 3.31. The summed E-state index contributed by atoms with van der Waals surface area (Å²) in [4.78, 5) is 14.1. The Kier molecular flexibility index (Phi) is 3.76. The number of carbonyl (C=O) groups is 1. The van der Waals surface area contributed by atoms with Gasteiger partial charge in [-0.1, -0.05) is 43.3 Å². The van der Waals surface area contributed by atoms with Crippen molar-refractivity contribution in [2.45, 2.75) is 32.9 Å². The average molecular weight is 280 g/mol. The number of benzene rings is 2. The molecule has 1 aliphatic rings. The average Bonchev–Trinajstić information content (AvgIpc) is 2.83. The summed E-state index contributed by atoms with van der Waals surface area (Å²) in [6.07, 6.45) is 1.52. The van der Waals surface area contributed by atoms with Crippen LogP contribution in [0.2, 0.25) is 0 Å². The van der Waals surface area contributed by atoms with Crippen LogP contribution in [0.4, 0.5) is 5.69 Å². The topological polar surface area (TPSA) is 46.3 Å². The van der Waals surface area contributed by atoms with E-state index in [1.54, 1.807) is 0 Å². The molecule has 0 spiro atoms. The third kappa shape index (κ3) is 2.69. The number of nitrogens with zero attached hydrogens (tertiary/aromatic N) is 1. The molecule has 21 heavy (non-hydrogen) atoms. The Bertz CT molecular complexity index is 661. The maximum atomic E-state index is 12.3. The molecule has 0 atom stereocenters. The van der Waals surface area contributed by atoms with Crippen molar-refractivity contribution < 1.29 is 4.79 Å². The first-order valence-electron chi connectivity index (χ1n) is 7.41. The number of anilines is 1. The van der Waals surface area contributed by atoms with E-state index in [-0.39, 0.29) is 5.91 Å². The Hall–Kier alpha value is -2.13. The highest BCUT2D eigenvalue weighted by Gasteiger charge is 2.27. The highest BCUT2D eigenvalue weighted by molar-refractivity contribution is 6.01. The molecule has 1 heterocycles. The third-order valence-electron chi connectivity index (χ3n) is 4.09. The zero-order valence-corrected chi connectivity index (χ0v) is 12.3. The number of nitrogens with two attached hydrogens (primary N) is 1. The zero-order chi connectivity index (χ0) is 14.8. The molecular weight excluding hydrogens is 260 g/mol. The van der Waals surface area contributed by atoms with Gasteiger partial charge in [0.2, 0.25) is 5.91 Å². The molecule has 2 N–H and O–H groups in total. The molecule has 3 nitrogen and oxygen atoms in total. The minimum atomic E-state index is 0.182. The normalized spacial score (nSPS) is 13.6. The first-order chi connectivity index (χ1) is 10.2. The van der Waals surface area contributed by atoms with Gasteiger partial charge >= 0.3 is 0 Å². The van der Waals surface area contributed by atoms with Crippen LogP contribution in [0.25, 0.3) is 0 Å². The van der Waals surface area contributed by atoms with Crippen LogP contribution in [-0.2, 0) is 30.7 Å². The summed E-state index contributed by atoms with van der Waals surface area (Å²) in [7, 11) is 0. The van der Waals surface area contributed by atoms with E-state index in [2.05, 4.69) is 25.1 Å². The van der Waals surface area contributed by atoms with Gasteiger partial charge in [-0.25, -0.2) is 0 Å². The maximum Gasteiger partial charge on any atom is 0.231 e. The fraction of sp³-hybridized carbons (Fsp3) is 0.278. The van der Waals surface area contributed by atoms with Crippen LogP contribution in [0.1, 0.15) is 29.2 Å². The van der Waals surface area contributed by atoms with Crippen LogP contribution in [0.5, 0.6) is 0 Å². The Morgan fingerprint density at radius 3 is 2.38 bits per heavy atom. The summed E-state index contributed by atoms with van der Waals surface area (Å²) in [5, 5.41) is 0. The molecule has 0 aliphatic carbocycles. The highest BCUT2D eigenvalue weighted by Crippen LogP contribution is 2.31. The van der Waals surface area contributed by atoms with Gasteiger partial charge in [0.1, 0.15) is 0 Å². The van der Waals surface area contributed by atoms with Gasteiger partial charge in [-0.2, -0.15) is 0 Å². The Morgan fingerprint density at radius 1 is 1.05 bits per heavy atom. The van der Waals surface area contributed by atoms with Gasteiger partial charge in [0, 0.05) is 12.2 Å². The highest BCUT2D eigenvalue weighted by atomic mass is 16.2. The molecule has 108 valence electrons. The van der Waals surface area contributed by atoms with Crippen LogP contribution in [0.15, 0.2) is 42.5 Å². The molecule has 3 heteroatoms. The van der Waals surface area contributed by atoms with Crippen molar-refractivity contribution in [3.8, 4) is 0 Å². The van der Waals surface area contributed by atoms with E-state index in [0.717, 1.165) is 28.8 Å². The summed E-state index contributed by atoms with van der Waals surface area (Å²) in [5.41, 5.74) is 11.3. The summed E-state index contributed by atoms with van der Waals surface area (Å²) in [6, 6.07) is 14.5. The van der Waals surface area contributed by atoms with E-state index < -0.39 is 0 Å². The van der Waals surface area contributed by atoms with E-state index in [0.29, 0.717) is 19.5 Å². The molecule has 1 aliphatic heterocycles. The van der Waals surface area contributed by atoms with E-state index >= 15 is 0 Å². The van der Waals surface area contributed by atoms with Gasteiger partial charge in [0.05, 0.1) is 13.0 Å². The van der Waals surface area contributed by atoms with Crippen LogP contribution in [0.3, 0.4) is 0 Å². The number of hydrogen-bond donors (Lipinski definition) is 1. The predicted molar refractivity (Wildman–Crippen MR) is 85.0 cm³/mol.